The van der Waals surface area contributed by atoms with Gasteiger partial charge >= 0.3 is 12.4 Å². The summed E-state index contributed by atoms with van der Waals surface area (Å²) in [5.74, 6) is -0.321. The van der Waals surface area contributed by atoms with Gasteiger partial charge in [0.15, 0.2) is 6.19 Å². The van der Waals surface area contributed by atoms with E-state index in [0.717, 1.165) is 56.2 Å². The van der Waals surface area contributed by atoms with Crippen molar-refractivity contribution >= 4 is 23.7 Å². The molecule has 164 valence electrons. The van der Waals surface area contributed by atoms with Crippen LogP contribution >= 0.6 is 11.9 Å². The van der Waals surface area contributed by atoms with E-state index >= 15 is 0 Å². The van der Waals surface area contributed by atoms with Gasteiger partial charge in [0.2, 0.25) is 0 Å². The Morgan fingerprint density at radius 3 is 2.29 bits per heavy atom. The molecule has 4 N–H and O–H groups in total. The SMILES string of the molecule is N#CN.O=C(NSc1cccc(OC(F)(F)F)c1)Nc1c2c(cc3c1CCC3)CCC2. The van der Waals surface area contributed by atoms with E-state index in [1.54, 1.807) is 6.07 Å². The van der Waals surface area contributed by atoms with E-state index in [4.69, 9.17) is 5.26 Å². The molecule has 0 heterocycles. The highest BCUT2D eigenvalue weighted by molar-refractivity contribution is 7.98. The van der Waals surface area contributed by atoms with Crippen molar-refractivity contribution in [3.63, 3.8) is 0 Å². The number of carbonyl (C=O) groups excluding carboxylic acids is 1. The van der Waals surface area contributed by atoms with Crippen LogP contribution in [0.4, 0.5) is 23.7 Å². The maximum atomic E-state index is 12.4. The first-order valence-corrected chi connectivity index (χ1v) is 10.5. The molecule has 0 atom stereocenters. The van der Waals surface area contributed by atoms with Gasteiger partial charge in [0.25, 0.3) is 0 Å². The molecule has 2 aliphatic carbocycles. The lowest BCUT2D eigenvalue weighted by Gasteiger charge is -2.16. The van der Waals surface area contributed by atoms with Crippen molar-refractivity contribution in [2.24, 2.45) is 5.73 Å². The summed E-state index contributed by atoms with van der Waals surface area (Å²) >= 11 is 0.945. The number of alkyl halides is 3. The number of nitriles is 1. The van der Waals surface area contributed by atoms with Crippen LogP contribution in [0.5, 0.6) is 5.75 Å². The third-order valence-electron chi connectivity index (χ3n) is 5.01. The Morgan fingerprint density at radius 1 is 1.10 bits per heavy atom. The smallest absolute Gasteiger partial charge is 0.406 e. The number of nitrogens with one attached hydrogen (secondary N) is 2. The molecule has 0 aliphatic heterocycles. The molecule has 0 fully saturated rings. The van der Waals surface area contributed by atoms with Gasteiger partial charge in [0.1, 0.15) is 5.75 Å². The highest BCUT2D eigenvalue weighted by atomic mass is 32.2. The van der Waals surface area contributed by atoms with Crippen molar-refractivity contribution in [3.05, 3.63) is 52.6 Å². The number of hydrogen-bond donors (Lipinski definition) is 3. The number of hydrogen-bond acceptors (Lipinski definition) is 5. The predicted octanol–water partition coefficient (Wildman–Crippen LogP) is 4.82. The predicted molar refractivity (Wildman–Crippen MR) is 111 cm³/mol. The van der Waals surface area contributed by atoms with Crippen LogP contribution in [0.3, 0.4) is 0 Å². The van der Waals surface area contributed by atoms with Crippen LogP contribution in [0.15, 0.2) is 35.2 Å². The molecule has 2 aromatic rings. The highest BCUT2D eigenvalue weighted by Gasteiger charge is 2.31. The molecule has 0 spiro atoms. The maximum Gasteiger partial charge on any atom is 0.573 e. The van der Waals surface area contributed by atoms with Crippen LogP contribution in [-0.4, -0.2) is 12.4 Å². The van der Waals surface area contributed by atoms with Crippen molar-refractivity contribution in [1.82, 2.24) is 4.72 Å². The van der Waals surface area contributed by atoms with Gasteiger partial charge in [0, 0.05) is 10.6 Å². The fourth-order valence-electron chi connectivity index (χ4n) is 3.95. The standard InChI is InChI=1S/C20H19F3N2O2S.CH2N2/c21-20(22,23)27-14-6-3-7-15(11-14)28-25-19(26)24-18-16-8-1-4-12(16)10-13-5-2-9-17(13)18;2-1-3/h3,6-7,10-11H,1-2,4-5,8-9H2,(H2,24,25,26);2H2. The maximum absolute atomic E-state index is 12.4. The van der Waals surface area contributed by atoms with Crippen LogP contribution in [0.2, 0.25) is 0 Å². The van der Waals surface area contributed by atoms with E-state index in [-0.39, 0.29) is 11.8 Å². The number of anilines is 1. The Labute approximate surface area is 182 Å². The number of halogens is 3. The van der Waals surface area contributed by atoms with Gasteiger partial charge in [-0.05, 0) is 90.9 Å². The van der Waals surface area contributed by atoms with E-state index in [1.165, 1.54) is 46.6 Å². The number of amides is 2. The van der Waals surface area contributed by atoms with E-state index < -0.39 is 6.36 Å². The second-order valence-corrected chi connectivity index (χ2v) is 7.92. The van der Waals surface area contributed by atoms with E-state index in [1.807, 2.05) is 0 Å². The van der Waals surface area contributed by atoms with Gasteiger partial charge in [-0.3, -0.25) is 4.72 Å². The van der Waals surface area contributed by atoms with Gasteiger partial charge in [-0.25, -0.2) is 4.79 Å². The summed E-state index contributed by atoms with van der Waals surface area (Å²) in [6.45, 7) is 0. The molecule has 2 aliphatic rings. The molecular formula is C21H21F3N4O2S. The van der Waals surface area contributed by atoms with Crippen LogP contribution < -0.4 is 20.5 Å². The lowest BCUT2D eigenvalue weighted by molar-refractivity contribution is -0.274. The van der Waals surface area contributed by atoms with Crippen molar-refractivity contribution in [1.29, 1.82) is 5.26 Å². The monoisotopic (exact) mass is 450 g/mol. The summed E-state index contributed by atoms with van der Waals surface area (Å²) in [4.78, 5) is 12.9. The minimum absolute atomic E-state index is 0.321. The van der Waals surface area contributed by atoms with E-state index in [9.17, 15) is 18.0 Å². The zero-order valence-electron chi connectivity index (χ0n) is 16.5. The third-order valence-corrected chi connectivity index (χ3v) is 5.79. The van der Waals surface area contributed by atoms with Crippen molar-refractivity contribution in [2.75, 3.05) is 5.32 Å². The summed E-state index contributed by atoms with van der Waals surface area (Å²) < 4.78 is 43.6. The second kappa shape index (κ2) is 9.83. The van der Waals surface area contributed by atoms with Crippen molar-refractivity contribution < 1.29 is 22.7 Å². The molecule has 0 saturated carbocycles. The topological polar surface area (TPSA) is 100 Å². The molecule has 6 nitrogen and oxygen atoms in total. The van der Waals surface area contributed by atoms with Crippen molar-refractivity contribution in [3.8, 4) is 11.9 Å². The quantitative estimate of drug-likeness (QED) is 0.352. The Balaban J connectivity index is 0.000000858. The summed E-state index contributed by atoms with van der Waals surface area (Å²) in [6, 6.07) is 7.40. The number of carbonyl (C=O) groups is 1. The zero-order chi connectivity index (χ0) is 22.4. The van der Waals surface area contributed by atoms with Gasteiger partial charge in [0.05, 0.1) is 0 Å². The van der Waals surface area contributed by atoms with Crippen LogP contribution in [0, 0.1) is 11.5 Å². The zero-order valence-corrected chi connectivity index (χ0v) is 17.3. The van der Waals surface area contributed by atoms with Crippen LogP contribution in [-0.2, 0) is 25.7 Å². The normalized spacial score (nSPS) is 13.9. The first kappa shape index (κ1) is 22.6. The average molecular weight is 450 g/mol. The van der Waals surface area contributed by atoms with Crippen molar-refractivity contribution in [2.45, 2.75) is 49.8 Å². The first-order valence-electron chi connectivity index (χ1n) is 9.66. The minimum Gasteiger partial charge on any atom is -0.406 e. The van der Waals surface area contributed by atoms with E-state index in [0.29, 0.717) is 4.90 Å². The van der Waals surface area contributed by atoms with E-state index in [2.05, 4.69) is 26.6 Å². The summed E-state index contributed by atoms with van der Waals surface area (Å²) in [5.41, 5.74) is 10.2. The molecule has 31 heavy (non-hydrogen) atoms. The number of ether oxygens (including phenoxy) is 1. The van der Waals surface area contributed by atoms with Gasteiger partial charge < -0.3 is 15.8 Å². The third kappa shape index (κ3) is 5.98. The molecule has 2 aromatic carbocycles. The lowest BCUT2D eigenvalue weighted by atomic mass is 9.99. The fourth-order valence-corrected chi connectivity index (χ4v) is 4.53. The molecule has 0 bridgehead atoms. The Hall–Kier alpha value is -3.06. The van der Waals surface area contributed by atoms with Gasteiger partial charge in [-0.2, -0.15) is 5.26 Å². The second-order valence-electron chi connectivity index (χ2n) is 7.04. The Kier molecular flexibility index (Phi) is 7.17. The molecule has 0 saturated heterocycles. The number of aryl methyl sites for hydroxylation is 2. The summed E-state index contributed by atoms with van der Waals surface area (Å²) in [7, 11) is 0. The fraction of sp³-hybridized carbons (Fsp3) is 0.333. The number of benzene rings is 2. The summed E-state index contributed by atoms with van der Waals surface area (Å²) in [5, 5.41) is 10.1. The van der Waals surface area contributed by atoms with Crippen LogP contribution in [0.25, 0.3) is 0 Å². The summed E-state index contributed by atoms with van der Waals surface area (Å²) in [6.07, 6.45) is 2.69. The highest BCUT2D eigenvalue weighted by Crippen LogP contribution is 2.38. The number of urea groups is 1. The Bertz CT molecular complexity index is 973. The number of fused-ring (bicyclic) bond motifs is 2. The molecule has 0 radical (unpaired) electrons. The largest absolute Gasteiger partial charge is 0.573 e. The van der Waals surface area contributed by atoms with Gasteiger partial charge in [-0.15, -0.1) is 13.2 Å². The molecule has 0 unspecified atom stereocenters. The number of rotatable bonds is 4. The first-order chi connectivity index (χ1) is 14.8. The molecular weight excluding hydrogens is 429 g/mol. The minimum atomic E-state index is -4.75. The van der Waals surface area contributed by atoms with Crippen LogP contribution in [0.1, 0.15) is 35.1 Å². The molecule has 4 rings (SSSR count). The molecule has 10 heteroatoms. The average Bonchev–Trinajstić information content (AvgIpc) is 3.35. The van der Waals surface area contributed by atoms with Gasteiger partial charge in [-0.1, -0.05) is 12.1 Å². The number of nitrogens with two attached hydrogens (primary N) is 1. The molecule has 0 aromatic heterocycles. The lowest BCUT2D eigenvalue weighted by Crippen LogP contribution is -2.24. The molecule has 2 amide bonds. The number of nitrogens with zero attached hydrogens (tertiary/aromatic N) is 1. The Morgan fingerprint density at radius 2 is 1.71 bits per heavy atom.